The van der Waals surface area contributed by atoms with Gasteiger partial charge in [0, 0.05) is 25.0 Å². The molecule has 4 heteroatoms. The first-order valence-corrected chi connectivity index (χ1v) is 6.43. The van der Waals surface area contributed by atoms with E-state index in [-0.39, 0.29) is 11.5 Å². The van der Waals surface area contributed by atoms with Crippen molar-refractivity contribution in [1.82, 2.24) is 4.90 Å². The molecule has 1 fully saturated rings. The summed E-state index contributed by atoms with van der Waals surface area (Å²) in [5.41, 5.74) is 1.94. The summed E-state index contributed by atoms with van der Waals surface area (Å²) < 4.78 is 0. The van der Waals surface area contributed by atoms with Crippen molar-refractivity contribution in [3.05, 3.63) is 41.6 Å². The van der Waals surface area contributed by atoms with Gasteiger partial charge in [-0.25, -0.2) is 0 Å². The maximum absolute atomic E-state index is 12.0. The minimum Gasteiger partial charge on any atom is -0.376 e. The second kappa shape index (κ2) is 6.05. The lowest BCUT2D eigenvalue weighted by atomic mass is 10.2. The van der Waals surface area contributed by atoms with Crippen molar-refractivity contribution in [2.24, 2.45) is 0 Å². The number of hydrogen-bond acceptors (Lipinski definition) is 3. The number of hydrogen-bond donors (Lipinski definition) is 1. The predicted octanol–water partition coefficient (Wildman–Crippen LogP) is 2.44. The molecule has 0 aliphatic carbocycles. The molecule has 4 nitrogen and oxygen atoms in total. The van der Waals surface area contributed by atoms with Crippen LogP contribution >= 0.6 is 0 Å². The molecule has 0 radical (unpaired) electrons. The van der Waals surface area contributed by atoms with Crippen LogP contribution in [0.25, 0.3) is 0 Å². The Bertz CT molecular complexity index is 537. The molecule has 1 N–H and O–H groups in total. The van der Waals surface area contributed by atoms with Gasteiger partial charge >= 0.3 is 0 Å². The van der Waals surface area contributed by atoms with E-state index in [0.29, 0.717) is 5.69 Å². The van der Waals surface area contributed by atoms with Crippen LogP contribution in [0, 0.1) is 18.3 Å². The Morgan fingerprint density at radius 1 is 1.42 bits per heavy atom. The summed E-state index contributed by atoms with van der Waals surface area (Å²) in [6.45, 7) is 3.80. The molecule has 0 saturated carbocycles. The molecule has 19 heavy (non-hydrogen) atoms. The minimum absolute atomic E-state index is 0.156. The standard InChI is InChI=1S/C15H17N3O/c1-12-5-4-6-14(9-12)17-15(19)13(10-16)11-18-7-2-3-8-18/h4-6,9,11H,2-3,7-8H2,1H3,(H,17,19)/b13-11-. The molecule has 0 unspecified atom stereocenters. The van der Waals surface area contributed by atoms with Crippen LogP contribution in [0.3, 0.4) is 0 Å². The Labute approximate surface area is 113 Å². The molecule has 98 valence electrons. The molecule has 0 aromatic heterocycles. The van der Waals surface area contributed by atoms with Gasteiger partial charge in [-0.2, -0.15) is 5.26 Å². The molecular weight excluding hydrogens is 238 g/mol. The Kier molecular flexibility index (Phi) is 4.19. The van der Waals surface area contributed by atoms with Crippen molar-refractivity contribution < 1.29 is 4.79 Å². The topological polar surface area (TPSA) is 56.1 Å². The summed E-state index contributed by atoms with van der Waals surface area (Å²) in [5.74, 6) is -0.347. The van der Waals surface area contributed by atoms with E-state index in [4.69, 9.17) is 5.26 Å². The molecule has 0 spiro atoms. The number of nitrogens with zero attached hydrogens (tertiary/aromatic N) is 2. The van der Waals surface area contributed by atoms with Gasteiger partial charge in [-0.1, -0.05) is 12.1 Å². The number of amides is 1. The van der Waals surface area contributed by atoms with Crippen LogP contribution in [0.5, 0.6) is 0 Å². The van der Waals surface area contributed by atoms with E-state index in [0.717, 1.165) is 31.5 Å². The molecule has 1 heterocycles. The maximum Gasteiger partial charge on any atom is 0.267 e. The smallest absolute Gasteiger partial charge is 0.267 e. The Balaban J connectivity index is 2.07. The Morgan fingerprint density at radius 3 is 2.79 bits per heavy atom. The molecule has 0 bridgehead atoms. The highest BCUT2D eigenvalue weighted by atomic mass is 16.1. The fourth-order valence-electron chi connectivity index (χ4n) is 2.11. The van der Waals surface area contributed by atoms with Crippen molar-refractivity contribution in [1.29, 1.82) is 5.26 Å². The highest BCUT2D eigenvalue weighted by Crippen LogP contribution is 2.13. The normalized spacial score (nSPS) is 15.2. The summed E-state index contributed by atoms with van der Waals surface area (Å²) in [4.78, 5) is 14.0. The third kappa shape index (κ3) is 3.59. The van der Waals surface area contributed by atoms with E-state index >= 15 is 0 Å². The zero-order valence-electron chi connectivity index (χ0n) is 11.0. The molecule has 1 aromatic carbocycles. The van der Waals surface area contributed by atoms with Gasteiger partial charge in [0.15, 0.2) is 0 Å². The maximum atomic E-state index is 12.0. The predicted molar refractivity (Wildman–Crippen MR) is 74.3 cm³/mol. The van der Waals surface area contributed by atoms with Crippen LogP contribution in [0.2, 0.25) is 0 Å². The number of carbonyl (C=O) groups is 1. The Morgan fingerprint density at radius 2 is 2.16 bits per heavy atom. The number of anilines is 1. The second-order valence-electron chi connectivity index (χ2n) is 4.72. The number of nitriles is 1. The summed E-state index contributed by atoms with van der Waals surface area (Å²) in [7, 11) is 0. The van der Waals surface area contributed by atoms with Gasteiger partial charge in [0.25, 0.3) is 5.91 Å². The van der Waals surface area contributed by atoms with Gasteiger partial charge in [-0.15, -0.1) is 0 Å². The average Bonchev–Trinajstić information content (AvgIpc) is 2.88. The third-order valence-corrected chi connectivity index (χ3v) is 3.09. The van der Waals surface area contributed by atoms with Crippen LogP contribution in [0.1, 0.15) is 18.4 Å². The second-order valence-corrected chi connectivity index (χ2v) is 4.72. The van der Waals surface area contributed by atoms with Gasteiger partial charge in [0.2, 0.25) is 0 Å². The average molecular weight is 255 g/mol. The molecule has 1 aromatic rings. The summed E-state index contributed by atoms with van der Waals surface area (Å²) in [6.07, 6.45) is 3.90. The van der Waals surface area contributed by atoms with Crippen molar-refractivity contribution in [3.8, 4) is 6.07 Å². The van der Waals surface area contributed by atoms with Crippen molar-refractivity contribution >= 4 is 11.6 Å². The van der Waals surface area contributed by atoms with Crippen LogP contribution in [-0.4, -0.2) is 23.9 Å². The molecule has 1 saturated heterocycles. The number of likely N-dealkylation sites (tertiary alicyclic amines) is 1. The fraction of sp³-hybridized carbons (Fsp3) is 0.333. The van der Waals surface area contributed by atoms with Gasteiger partial charge in [0.05, 0.1) is 0 Å². The van der Waals surface area contributed by atoms with Crippen LogP contribution in [0.4, 0.5) is 5.69 Å². The highest BCUT2D eigenvalue weighted by molar-refractivity contribution is 6.06. The molecule has 1 aliphatic heterocycles. The summed E-state index contributed by atoms with van der Waals surface area (Å²) >= 11 is 0. The van der Waals surface area contributed by atoms with Gasteiger partial charge in [-0.05, 0) is 37.5 Å². The first kappa shape index (κ1) is 13.2. The Hall–Kier alpha value is -2.28. The van der Waals surface area contributed by atoms with Crippen molar-refractivity contribution in [2.45, 2.75) is 19.8 Å². The number of carbonyl (C=O) groups excluding carboxylic acids is 1. The lowest BCUT2D eigenvalue weighted by Gasteiger charge is -2.12. The number of benzene rings is 1. The summed E-state index contributed by atoms with van der Waals surface area (Å²) in [5, 5.41) is 11.8. The number of aryl methyl sites for hydroxylation is 1. The lowest BCUT2D eigenvalue weighted by molar-refractivity contribution is -0.112. The minimum atomic E-state index is -0.347. The van der Waals surface area contributed by atoms with E-state index in [1.807, 2.05) is 42.2 Å². The van der Waals surface area contributed by atoms with Gasteiger partial charge in [0.1, 0.15) is 11.6 Å². The van der Waals surface area contributed by atoms with E-state index in [2.05, 4.69) is 5.32 Å². The first-order valence-electron chi connectivity index (χ1n) is 6.43. The van der Waals surface area contributed by atoms with Crippen LogP contribution in [-0.2, 0) is 4.79 Å². The van der Waals surface area contributed by atoms with Gasteiger partial charge in [-0.3, -0.25) is 4.79 Å². The SMILES string of the molecule is Cc1cccc(NC(=O)/C(C#N)=C\N2CCCC2)c1. The number of nitrogens with one attached hydrogen (secondary N) is 1. The summed E-state index contributed by atoms with van der Waals surface area (Å²) in [6, 6.07) is 9.50. The van der Waals surface area contributed by atoms with E-state index in [1.54, 1.807) is 6.20 Å². The van der Waals surface area contributed by atoms with Crippen molar-refractivity contribution in [2.75, 3.05) is 18.4 Å². The number of rotatable bonds is 3. The highest BCUT2D eigenvalue weighted by Gasteiger charge is 2.14. The first-order chi connectivity index (χ1) is 9.19. The molecular formula is C15H17N3O. The quantitative estimate of drug-likeness (QED) is 0.666. The van der Waals surface area contributed by atoms with Crippen LogP contribution in [0.15, 0.2) is 36.0 Å². The molecule has 1 aliphatic rings. The van der Waals surface area contributed by atoms with E-state index in [1.165, 1.54) is 0 Å². The molecule has 0 atom stereocenters. The lowest BCUT2D eigenvalue weighted by Crippen LogP contribution is -2.18. The largest absolute Gasteiger partial charge is 0.376 e. The zero-order valence-corrected chi connectivity index (χ0v) is 11.0. The van der Waals surface area contributed by atoms with E-state index < -0.39 is 0 Å². The molecule has 1 amide bonds. The van der Waals surface area contributed by atoms with E-state index in [9.17, 15) is 4.79 Å². The fourth-order valence-corrected chi connectivity index (χ4v) is 2.11. The zero-order chi connectivity index (χ0) is 13.7. The van der Waals surface area contributed by atoms with Gasteiger partial charge < -0.3 is 10.2 Å². The van der Waals surface area contributed by atoms with Crippen LogP contribution < -0.4 is 5.32 Å². The molecule has 2 rings (SSSR count). The third-order valence-electron chi connectivity index (χ3n) is 3.09. The van der Waals surface area contributed by atoms with Crippen molar-refractivity contribution in [3.63, 3.8) is 0 Å². The monoisotopic (exact) mass is 255 g/mol.